The Morgan fingerprint density at radius 2 is 2.00 bits per heavy atom. The lowest BCUT2D eigenvalue weighted by molar-refractivity contribution is -0.137. The van der Waals surface area contributed by atoms with Gasteiger partial charge in [0.1, 0.15) is 0 Å². The van der Waals surface area contributed by atoms with Crippen LogP contribution in [0.3, 0.4) is 0 Å². The number of nitrogens with zero attached hydrogens (tertiary/aromatic N) is 1. The minimum atomic E-state index is -4.41. The van der Waals surface area contributed by atoms with Gasteiger partial charge in [0.25, 0.3) is 0 Å². The summed E-state index contributed by atoms with van der Waals surface area (Å²) in [5.74, 6) is 0. The van der Waals surface area contributed by atoms with Gasteiger partial charge in [0.05, 0.1) is 5.54 Å². The van der Waals surface area contributed by atoms with Crippen LogP contribution in [0.15, 0.2) is 30.5 Å². The standard InChI is InChI=1S/C14H13F3N2S/c15-14(16,17)12-19-8-11(20-12)13(18)7-3-5-9-4-1-2-6-10(9)13/h1-2,4,6,8H,3,5,7,18H2. The molecule has 0 aliphatic heterocycles. The Bertz CT molecular complexity index is 635. The van der Waals surface area contributed by atoms with Crippen LogP contribution < -0.4 is 5.73 Å². The summed E-state index contributed by atoms with van der Waals surface area (Å²) in [5.41, 5.74) is 7.63. The van der Waals surface area contributed by atoms with E-state index in [-0.39, 0.29) is 0 Å². The molecule has 1 aromatic carbocycles. The minimum absolute atomic E-state index is 0.483. The Morgan fingerprint density at radius 3 is 2.70 bits per heavy atom. The van der Waals surface area contributed by atoms with Gasteiger partial charge in [-0.3, -0.25) is 0 Å². The van der Waals surface area contributed by atoms with E-state index < -0.39 is 16.7 Å². The summed E-state index contributed by atoms with van der Waals surface area (Å²) >= 11 is 0.648. The summed E-state index contributed by atoms with van der Waals surface area (Å²) in [6.45, 7) is 0. The predicted octanol–water partition coefficient (Wildman–Crippen LogP) is 3.70. The van der Waals surface area contributed by atoms with Crippen LogP contribution in [0.25, 0.3) is 0 Å². The lowest BCUT2D eigenvalue weighted by Crippen LogP contribution is -2.40. The molecule has 0 fully saturated rings. The predicted molar refractivity (Wildman–Crippen MR) is 71.5 cm³/mol. The molecule has 3 rings (SSSR count). The molecule has 1 heterocycles. The van der Waals surface area contributed by atoms with E-state index in [0.29, 0.717) is 22.6 Å². The van der Waals surface area contributed by atoms with Crippen LogP contribution in [-0.4, -0.2) is 4.98 Å². The SMILES string of the molecule is NC1(c2cnc(C(F)(F)F)s2)CCCc2ccccc21. The largest absolute Gasteiger partial charge is 0.443 e. The van der Waals surface area contributed by atoms with E-state index in [1.807, 2.05) is 24.3 Å². The minimum Gasteiger partial charge on any atom is -0.317 e. The highest BCUT2D eigenvalue weighted by Crippen LogP contribution is 2.43. The molecule has 0 amide bonds. The number of halogens is 3. The molecule has 106 valence electrons. The second-order valence-corrected chi connectivity index (χ2v) is 6.04. The van der Waals surface area contributed by atoms with Gasteiger partial charge >= 0.3 is 6.18 Å². The summed E-state index contributed by atoms with van der Waals surface area (Å²) in [7, 11) is 0. The van der Waals surface area contributed by atoms with Crippen LogP contribution in [0.1, 0.15) is 33.9 Å². The summed E-state index contributed by atoms with van der Waals surface area (Å²) < 4.78 is 38.1. The maximum atomic E-state index is 12.7. The zero-order valence-electron chi connectivity index (χ0n) is 10.6. The molecule has 2 N–H and O–H groups in total. The Balaban J connectivity index is 2.08. The fourth-order valence-electron chi connectivity index (χ4n) is 2.73. The van der Waals surface area contributed by atoms with Crippen molar-refractivity contribution in [1.82, 2.24) is 4.98 Å². The average Bonchev–Trinajstić information content (AvgIpc) is 2.89. The van der Waals surface area contributed by atoms with Gasteiger partial charge in [0, 0.05) is 11.1 Å². The lowest BCUT2D eigenvalue weighted by Gasteiger charge is -2.34. The van der Waals surface area contributed by atoms with Crippen LogP contribution >= 0.6 is 11.3 Å². The number of aromatic nitrogens is 1. The maximum absolute atomic E-state index is 12.7. The molecule has 2 aromatic rings. The van der Waals surface area contributed by atoms with E-state index in [9.17, 15) is 13.2 Å². The molecular weight excluding hydrogens is 285 g/mol. The fourth-order valence-corrected chi connectivity index (χ4v) is 3.66. The van der Waals surface area contributed by atoms with Crippen LogP contribution in [0, 0.1) is 0 Å². The van der Waals surface area contributed by atoms with Crippen molar-refractivity contribution in [2.75, 3.05) is 0 Å². The highest BCUT2D eigenvalue weighted by atomic mass is 32.1. The van der Waals surface area contributed by atoms with Crippen molar-refractivity contribution < 1.29 is 13.2 Å². The first-order chi connectivity index (χ1) is 9.41. The number of alkyl halides is 3. The van der Waals surface area contributed by atoms with Crippen molar-refractivity contribution in [1.29, 1.82) is 0 Å². The van der Waals surface area contributed by atoms with Gasteiger partial charge in [0.2, 0.25) is 0 Å². The van der Waals surface area contributed by atoms with Crippen molar-refractivity contribution in [3.63, 3.8) is 0 Å². The van der Waals surface area contributed by atoms with Crippen LogP contribution in [-0.2, 0) is 18.1 Å². The third-order valence-electron chi connectivity index (χ3n) is 3.70. The highest BCUT2D eigenvalue weighted by Gasteiger charge is 2.40. The second kappa shape index (κ2) is 4.56. The zero-order valence-corrected chi connectivity index (χ0v) is 11.4. The topological polar surface area (TPSA) is 38.9 Å². The van der Waals surface area contributed by atoms with E-state index in [1.165, 1.54) is 6.20 Å². The van der Waals surface area contributed by atoms with Crippen molar-refractivity contribution >= 4 is 11.3 Å². The first kappa shape index (κ1) is 13.6. The third-order valence-corrected chi connectivity index (χ3v) is 4.92. The van der Waals surface area contributed by atoms with E-state index in [2.05, 4.69) is 4.98 Å². The molecule has 0 bridgehead atoms. The van der Waals surface area contributed by atoms with Gasteiger partial charge < -0.3 is 5.73 Å². The molecule has 1 aliphatic rings. The molecule has 0 saturated heterocycles. The second-order valence-electron chi connectivity index (χ2n) is 5.01. The van der Waals surface area contributed by atoms with Gasteiger partial charge in [-0.05, 0) is 30.4 Å². The summed E-state index contributed by atoms with van der Waals surface area (Å²) in [6, 6.07) is 7.69. The molecule has 1 aliphatic carbocycles. The zero-order chi connectivity index (χ0) is 14.4. The average molecular weight is 298 g/mol. The molecule has 1 aromatic heterocycles. The smallest absolute Gasteiger partial charge is 0.317 e. The van der Waals surface area contributed by atoms with Gasteiger partial charge in [-0.25, -0.2) is 4.98 Å². The summed E-state index contributed by atoms with van der Waals surface area (Å²) in [4.78, 5) is 3.98. The van der Waals surface area contributed by atoms with E-state index in [0.717, 1.165) is 24.0 Å². The summed E-state index contributed by atoms with van der Waals surface area (Å²) in [5, 5.41) is -0.833. The Kier molecular flexibility index (Phi) is 3.10. The lowest BCUT2D eigenvalue weighted by atomic mass is 9.76. The van der Waals surface area contributed by atoms with Crippen molar-refractivity contribution in [3.05, 3.63) is 51.5 Å². The van der Waals surface area contributed by atoms with E-state index >= 15 is 0 Å². The quantitative estimate of drug-likeness (QED) is 0.872. The number of thiazole rings is 1. The maximum Gasteiger partial charge on any atom is 0.443 e. The number of hydrogen-bond donors (Lipinski definition) is 1. The first-order valence-electron chi connectivity index (χ1n) is 6.32. The van der Waals surface area contributed by atoms with Crippen molar-refractivity contribution in [2.24, 2.45) is 5.73 Å². The van der Waals surface area contributed by atoms with Crippen LogP contribution in [0.5, 0.6) is 0 Å². The molecule has 20 heavy (non-hydrogen) atoms. The van der Waals surface area contributed by atoms with E-state index in [4.69, 9.17) is 5.73 Å². The van der Waals surface area contributed by atoms with Crippen molar-refractivity contribution in [2.45, 2.75) is 31.0 Å². The first-order valence-corrected chi connectivity index (χ1v) is 7.14. The Morgan fingerprint density at radius 1 is 1.25 bits per heavy atom. The van der Waals surface area contributed by atoms with Gasteiger partial charge in [-0.2, -0.15) is 13.2 Å². The van der Waals surface area contributed by atoms with Gasteiger partial charge in [0.15, 0.2) is 5.01 Å². The Labute approximate surface area is 118 Å². The summed E-state index contributed by atoms with van der Waals surface area (Å²) in [6.07, 6.45) is -0.709. The number of hydrogen-bond acceptors (Lipinski definition) is 3. The highest BCUT2D eigenvalue weighted by molar-refractivity contribution is 7.11. The monoisotopic (exact) mass is 298 g/mol. The molecule has 1 atom stereocenters. The number of rotatable bonds is 1. The molecule has 2 nitrogen and oxygen atoms in total. The van der Waals surface area contributed by atoms with Crippen molar-refractivity contribution in [3.8, 4) is 0 Å². The number of aryl methyl sites for hydroxylation is 1. The molecular formula is C14H13F3N2S. The molecule has 0 spiro atoms. The molecule has 0 saturated carbocycles. The normalized spacial score (nSPS) is 22.6. The number of nitrogens with two attached hydrogens (primary N) is 1. The molecule has 6 heteroatoms. The van der Waals surface area contributed by atoms with Gasteiger partial charge in [-0.15, -0.1) is 11.3 Å². The number of benzene rings is 1. The van der Waals surface area contributed by atoms with Crippen LogP contribution in [0.2, 0.25) is 0 Å². The van der Waals surface area contributed by atoms with Crippen LogP contribution in [0.4, 0.5) is 13.2 Å². The third kappa shape index (κ3) is 2.13. The Hall–Kier alpha value is -1.40. The van der Waals surface area contributed by atoms with Gasteiger partial charge in [-0.1, -0.05) is 24.3 Å². The molecule has 1 unspecified atom stereocenters. The number of fused-ring (bicyclic) bond motifs is 1. The fraction of sp³-hybridized carbons (Fsp3) is 0.357. The molecule has 0 radical (unpaired) electrons. The van der Waals surface area contributed by atoms with E-state index in [1.54, 1.807) is 0 Å².